The third kappa shape index (κ3) is 5.21. The Morgan fingerprint density at radius 1 is 1.16 bits per heavy atom. The highest BCUT2D eigenvalue weighted by atomic mass is 16.5. The van der Waals surface area contributed by atoms with Crippen LogP contribution in [-0.4, -0.2) is 49.3 Å². The summed E-state index contributed by atoms with van der Waals surface area (Å²) in [4.78, 5) is 15.0. The monoisotopic (exact) mass is 427 g/mol. The molecule has 1 atom stereocenters. The van der Waals surface area contributed by atoms with Gasteiger partial charge in [-0.15, -0.1) is 0 Å². The first-order valence-corrected chi connectivity index (χ1v) is 11.4. The molecule has 7 nitrogen and oxygen atoms in total. The molecular weight excluding hydrogens is 394 g/mol. The van der Waals surface area contributed by atoms with Crippen LogP contribution in [-0.2, 0) is 6.54 Å². The van der Waals surface area contributed by atoms with E-state index in [0.717, 1.165) is 68.1 Å². The average molecular weight is 428 g/mol. The Labute approximate surface area is 184 Å². The number of hydrogen-bond donors (Lipinski definition) is 1. The second-order valence-corrected chi connectivity index (χ2v) is 8.65. The molecule has 168 valence electrons. The third-order valence-corrected chi connectivity index (χ3v) is 6.49. The van der Waals surface area contributed by atoms with Gasteiger partial charge in [-0.2, -0.15) is 0 Å². The van der Waals surface area contributed by atoms with Crippen molar-refractivity contribution in [2.75, 3.05) is 27.3 Å². The maximum absolute atomic E-state index is 12.6. The number of carbonyl (C=O) groups excluding carboxylic acids is 1. The van der Waals surface area contributed by atoms with E-state index in [-0.39, 0.29) is 17.9 Å². The number of piperidine rings is 1. The molecule has 1 N–H and O–H groups in total. The minimum absolute atomic E-state index is 0.139. The van der Waals surface area contributed by atoms with Gasteiger partial charge >= 0.3 is 0 Å². The van der Waals surface area contributed by atoms with Gasteiger partial charge in [-0.05, 0) is 38.3 Å². The molecule has 0 radical (unpaired) electrons. The van der Waals surface area contributed by atoms with Crippen molar-refractivity contribution in [2.45, 2.75) is 63.5 Å². The van der Waals surface area contributed by atoms with Gasteiger partial charge in [0.1, 0.15) is 0 Å². The molecule has 2 aliphatic rings. The number of methoxy groups -OCH3 is 2. The van der Waals surface area contributed by atoms with E-state index in [1.165, 1.54) is 19.3 Å². The van der Waals surface area contributed by atoms with Crippen molar-refractivity contribution < 1.29 is 18.8 Å². The fourth-order valence-electron chi connectivity index (χ4n) is 4.85. The molecule has 7 heteroatoms. The Morgan fingerprint density at radius 3 is 2.77 bits per heavy atom. The van der Waals surface area contributed by atoms with E-state index in [9.17, 15) is 4.79 Å². The Kier molecular flexibility index (Phi) is 7.12. The largest absolute Gasteiger partial charge is 0.493 e. The van der Waals surface area contributed by atoms with Crippen LogP contribution in [0.25, 0.3) is 0 Å². The number of nitrogens with zero attached hydrogens (tertiary/aromatic N) is 2. The second kappa shape index (κ2) is 10.2. The number of amides is 1. The summed E-state index contributed by atoms with van der Waals surface area (Å²) in [5, 5.41) is 7.36. The van der Waals surface area contributed by atoms with Gasteiger partial charge in [-0.3, -0.25) is 9.69 Å². The van der Waals surface area contributed by atoms with Crippen LogP contribution in [0.1, 0.15) is 72.7 Å². The molecule has 1 aromatic heterocycles. The summed E-state index contributed by atoms with van der Waals surface area (Å²) in [6.07, 6.45) is 7.86. The molecule has 1 saturated heterocycles. The van der Waals surface area contributed by atoms with Crippen LogP contribution < -0.4 is 14.8 Å². The Bertz CT molecular complexity index is 875. The van der Waals surface area contributed by atoms with E-state index in [1.54, 1.807) is 14.2 Å². The lowest BCUT2D eigenvalue weighted by Gasteiger charge is -2.32. The first-order chi connectivity index (χ1) is 15.2. The molecule has 1 aliphatic carbocycles. The van der Waals surface area contributed by atoms with Crippen molar-refractivity contribution in [3.8, 4) is 11.5 Å². The minimum Gasteiger partial charge on any atom is -0.493 e. The number of rotatable bonds is 7. The number of benzene rings is 1. The van der Waals surface area contributed by atoms with Crippen molar-refractivity contribution in [2.24, 2.45) is 0 Å². The molecule has 1 aliphatic heterocycles. The van der Waals surface area contributed by atoms with Crippen LogP contribution in [0.4, 0.5) is 0 Å². The van der Waals surface area contributed by atoms with Crippen molar-refractivity contribution >= 4 is 5.91 Å². The Hall–Kier alpha value is -2.54. The first kappa shape index (κ1) is 21.7. The average Bonchev–Trinajstić information content (AvgIpc) is 3.30. The predicted octanol–water partition coefficient (Wildman–Crippen LogP) is 4.13. The third-order valence-electron chi connectivity index (χ3n) is 6.49. The SMILES string of the molecule is COc1cccc(CN2CCCC(c3cc(C(=O)NC4CCCCC4)on3)C2)c1OC. The molecular formula is C24H33N3O4. The number of hydrogen-bond acceptors (Lipinski definition) is 6. The lowest BCUT2D eigenvalue weighted by atomic mass is 9.94. The highest BCUT2D eigenvalue weighted by Crippen LogP contribution is 2.33. The molecule has 4 rings (SSSR count). The van der Waals surface area contributed by atoms with Crippen LogP contribution in [0.2, 0.25) is 0 Å². The van der Waals surface area contributed by atoms with Gasteiger partial charge in [0.25, 0.3) is 5.91 Å². The van der Waals surface area contributed by atoms with Gasteiger partial charge in [0.05, 0.1) is 19.9 Å². The lowest BCUT2D eigenvalue weighted by molar-refractivity contribution is 0.0890. The van der Waals surface area contributed by atoms with E-state index >= 15 is 0 Å². The van der Waals surface area contributed by atoms with E-state index in [0.29, 0.717) is 5.76 Å². The maximum atomic E-state index is 12.6. The molecule has 1 saturated carbocycles. The summed E-state index contributed by atoms with van der Waals surface area (Å²) in [7, 11) is 3.33. The molecule has 1 aromatic carbocycles. The van der Waals surface area contributed by atoms with Crippen LogP contribution in [0.5, 0.6) is 11.5 Å². The summed E-state index contributed by atoms with van der Waals surface area (Å²) in [5.41, 5.74) is 1.98. The first-order valence-electron chi connectivity index (χ1n) is 11.4. The highest BCUT2D eigenvalue weighted by Gasteiger charge is 2.27. The van der Waals surface area contributed by atoms with Gasteiger partial charge in [0.2, 0.25) is 5.76 Å². The molecule has 1 unspecified atom stereocenters. The zero-order valence-electron chi connectivity index (χ0n) is 18.6. The fourth-order valence-corrected chi connectivity index (χ4v) is 4.85. The summed E-state index contributed by atoms with van der Waals surface area (Å²) in [6.45, 7) is 2.67. The predicted molar refractivity (Wildman–Crippen MR) is 118 cm³/mol. The molecule has 0 bridgehead atoms. The highest BCUT2D eigenvalue weighted by molar-refractivity contribution is 5.91. The number of nitrogens with one attached hydrogen (secondary N) is 1. The molecule has 2 fully saturated rings. The van der Waals surface area contributed by atoms with Gasteiger partial charge in [0.15, 0.2) is 11.5 Å². The van der Waals surface area contributed by atoms with E-state index in [1.807, 2.05) is 18.2 Å². The number of ether oxygens (including phenoxy) is 2. The van der Waals surface area contributed by atoms with Gasteiger partial charge < -0.3 is 19.3 Å². The summed E-state index contributed by atoms with van der Waals surface area (Å²) < 4.78 is 16.4. The molecule has 2 aromatic rings. The normalized spacial score (nSPS) is 20.4. The van der Waals surface area contributed by atoms with Gasteiger partial charge in [-0.25, -0.2) is 0 Å². The van der Waals surface area contributed by atoms with E-state index in [2.05, 4.69) is 21.4 Å². The van der Waals surface area contributed by atoms with Crippen LogP contribution in [0.15, 0.2) is 28.8 Å². The number of carbonyl (C=O) groups is 1. The van der Waals surface area contributed by atoms with Crippen LogP contribution in [0.3, 0.4) is 0 Å². The topological polar surface area (TPSA) is 76.8 Å². The maximum Gasteiger partial charge on any atom is 0.290 e. The zero-order chi connectivity index (χ0) is 21.6. The summed E-state index contributed by atoms with van der Waals surface area (Å²) in [6, 6.07) is 8.08. The Morgan fingerprint density at radius 2 is 2.00 bits per heavy atom. The van der Waals surface area contributed by atoms with Gasteiger partial charge in [-0.1, -0.05) is 36.6 Å². The van der Waals surface area contributed by atoms with Crippen LogP contribution >= 0.6 is 0 Å². The number of likely N-dealkylation sites (tertiary alicyclic amines) is 1. The zero-order valence-corrected chi connectivity index (χ0v) is 18.6. The molecule has 1 amide bonds. The minimum atomic E-state index is -0.139. The van der Waals surface area contributed by atoms with Crippen molar-refractivity contribution in [3.05, 3.63) is 41.3 Å². The Balaban J connectivity index is 1.38. The second-order valence-electron chi connectivity index (χ2n) is 8.65. The molecule has 2 heterocycles. The smallest absolute Gasteiger partial charge is 0.290 e. The van der Waals surface area contributed by atoms with Crippen molar-refractivity contribution in [1.82, 2.24) is 15.4 Å². The van der Waals surface area contributed by atoms with E-state index in [4.69, 9.17) is 14.0 Å². The number of aromatic nitrogens is 1. The molecule has 0 spiro atoms. The van der Waals surface area contributed by atoms with Gasteiger partial charge in [0, 0.05) is 36.7 Å². The summed E-state index contributed by atoms with van der Waals surface area (Å²) in [5.74, 6) is 1.98. The quantitative estimate of drug-likeness (QED) is 0.716. The fraction of sp³-hybridized carbons (Fsp3) is 0.583. The van der Waals surface area contributed by atoms with Crippen molar-refractivity contribution in [1.29, 1.82) is 0 Å². The number of para-hydroxylation sites is 1. The summed E-state index contributed by atoms with van der Waals surface area (Å²) >= 11 is 0. The van der Waals surface area contributed by atoms with Crippen LogP contribution in [0, 0.1) is 0 Å². The standard InChI is InChI=1S/C24H33N3O4/c1-29-21-12-6-8-18(23(21)30-2)16-27-13-7-9-17(15-27)20-14-22(31-26-20)24(28)25-19-10-4-3-5-11-19/h6,8,12,14,17,19H,3-5,7,9-11,13,15-16H2,1-2H3,(H,25,28). The van der Waals surface area contributed by atoms with E-state index < -0.39 is 0 Å². The van der Waals surface area contributed by atoms with Crippen molar-refractivity contribution in [3.63, 3.8) is 0 Å². The molecule has 31 heavy (non-hydrogen) atoms. The lowest BCUT2D eigenvalue weighted by Crippen LogP contribution is -2.36.